The molecule has 1 aromatic carbocycles. The van der Waals surface area contributed by atoms with E-state index in [1.807, 2.05) is 18.2 Å². The Morgan fingerprint density at radius 1 is 1.21 bits per heavy atom. The van der Waals surface area contributed by atoms with Gasteiger partial charge in [0.05, 0.1) is 7.11 Å². The van der Waals surface area contributed by atoms with Gasteiger partial charge in [0.2, 0.25) is 0 Å². The first-order valence-corrected chi connectivity index (χ1v) is 9.00. The highest BCUT2D eigenvalue weighted by atomic mass is 16.5. The molecule has 1 unspecified atom stereocenters. The molecule has 0 heterocycles. The fourth-order valence-corrected chi connectivity index (χ4v) is 2.70. The second kappa shape index (κ2) is 12.6. The predicted molar refractivity (Wildman–Crippen MR) is 101 cm³/mol. The Hall–Kier alpha value is -1.75. The molecule has 0 bridgehead atoms. The molecule has 24 heavy (non-hydrogen) atoms. The maximum absolute atomic E-state index is 9.16. The van der Waals surface area contributed by atoms with Crippen LogP contribution in [0.2, 0.25) is 0 Å². The summed E-state index contributed by atoms with van der Waals surface area (Å²) in [5.74, 6) is 2.21. The second-order valence-corrected chi connectivity index (χ2v) is 5.88. The van der Waals surface area contributed by atoms with Crippen LogP contribution >= 0.6 is 0 Å². The van der Waals surface area contributed by atoms with Gasteiger partial charge in [-0.15, -0.1) is 0 Å². The van der Waals surface area contributed by atoms with Crippen LogP contribution in [0, 0.1) is 5.92 Å². The lowest BCUT2D eigenvalue weighted by molar-refractivity contribution is 0.253. The summed E-state index contributed by atoms with van der Waals surface area (Å²) in [6.45, 7) is 6.85. The predicted octanol–water partition coefficient (Wildman–Crippen LogP) is 2.59. The average molecular weight is 335 g/mol. The number of rotatable bonds is 11. The smallest absolute Gasteiger partial charge is 0.191 e. The van der Waals surface area contributed by atoms with Crippen LogP contribution in [0.25, 0.3) is 0 Å². The zero-order chi connectivity index (χ0) is 17.6. The molecule has 1 rings (SSSR count). The fraction of sp³-hybridized carbons (Fsp3) is 0.632. The second-order valence-electron chi connectivity index (χ2n) is 5.88. The van der Waals surface area contributed by atoms with Gasteiger partial charge in [0.15, 0.2) is 5.96 Å². The van der Waals surface area contributed by atoms with Gasteiger partial charge in [-0.1, -0.05) is 31.5 Å². The quantitative estimate of drug-likeness (QED) is 0.430. The van der Waals surface area contributed by atoms with Crippen molar-refractivity contribution in [2.75, 3.05) is 33.4 Å². The van der Waals surface area contributed by atoms with Crippen LogP contribution in [0.15, 0.2) is 29.3 Å². The van der Waals surface area contributed by atoms with Crippen LogP contribution in [0.3, 0.4) is 0 Å². The number of ether oxygens (including phenoxy) is 1. The molecule has 5 heteroatoms. The van der Waals surface area contributed by atoms with Crippen molar-refractivity contribution >= 4 is 5.96 Å². The van der Waals surface area contributed by atoms with Gasteiger partial charge in [-0.05, 0) is 43.7 Å². The third kappa shape index (κ3) is 7.68. The number of aliphatic hydroxyl groups excluding tert-OH is 1. The molecule has 0 aliphatic rings. The Morgan fingerprint density at radius 2 is 2.00 bits per heavy atom. The molecule has 0 aliphatic carbocycles. The van der Waals surface area contributed by atoms with Crippen molar-refractivity contribution in [3.63, 3.8) is 0 Å². The molecule has 0 saturated carbocycles. The minimum absolute atomic E-state index is 0.234. The molecule has 0 fully saturated rings. The van der Waals surface area contributed by atoms with Crippen molar-refractivity contribution in [3.05, 3.63) is 29.8 Å². The number of guanidine groups is 1. The highest BCUT2D eigenvalue weighted by Crippen LogP contribution is 2.17. The molecular formula is C19H33N3O2. The number of hydrogen-bond acceptors (Lipinski definition) is 3. The van der Waals surface area contributed by atoms with E-state index in [1.165, 1.54) is 5.56 Å². The van der Waals surface area contributed by atoms with Crippen molar-refractivity contribution in [2.45, 2.75) is 39.5 Å². The lowest BCUT2D eigenvalue weighted by Crippen LogP contribution is -2.38. The van der Waals surface area contributed by atoms with Gasteiger partial charge in [-0.3, -0.25) is 4.99 Å². The molecule has 0 aliphatic heterocycles. The normalized spacial score (nSPS) is 12.8. The van der Waals surface area contributed by atoms with Gasteiger partial charge in [-0.25, -0.2) is 0 Å². The van der Waals surface area contributed by atoms with E-state index in [4.69, 9.17) is 9.84 Å². The lowest BCUT2D eigenvalue weighted by Gasteiger charge is -2.15. The third-order valence-corrected chi connectivity index (χ3v) is 3.97. The van der Waals surface area contributed by atoms with Crippen molar-refractivity contribution in [1.82, 2.24) is 10.6 Å². The highest BCUT2D eigenvalue weighted by molar-refractivity contribution is 5.79. The van der Waals surface area contributed by atoms with Crippen molar-refractivity contribution < 1.29 is 9.84 Å². The number of aliphatic imine (C=N–C) groups is 1. The van der Waals surface area contributed by atoms with Crippen LogP contribution in [0.5, 0.6) is 5.75 Å². The number of aliphatic hydroxyl groups is 1. The first kappa shape index (κ1) is 20.3. The molecule has 1 atom stereocenters. The van der Waals surface area contributed by atoms with Gasteiger partial charge in [0, 0.05) is 26.2 Å². The van der Waals surface area contributed by atoms with Crippen molar-refractivity contribution in [3.8, 4) is 5.75 Å². The average Bonchev–Trinajstić information content (AvgIpc) is 2.60. The Morgan fingerprint density at radius 3 is 2.67 bits per heavy atom. The molecule has 0 spiro atoms. The molecular weight excluding hydrogens is 302 g/mol. The first-order chi connectivity index (χ1) is 11.7. The van der Waals surface area contributed by atoms with E-state index >= 15 is 0 Å². The molecule has 0 radical (unpaired) electrons. The van der Waals surface area contributed by atoms with E-state index in [-0.39, 0.29) is 6.61 Å². The lowest BCUT2D eigenvalue weighted by atomic mass is 10.0. The van der Waals surface area contributed by atoms with Gasteiger partial charge < -0.3 is 20.5 Å². The minimum Gasteiger partial charge on any atom is -0.496 e. The Balaban J connectivity index is 2.53. The van der Waals surface area contributed by atoms with E-state index in [2.05, 4.69) is 35.5 Å². The number of nitrogens with one attached hydrogen (secondary N) is 2. The van der Waals surface area contributed by atoms with E-state index in [0.29, 0.717) is 5.92 Å². The minimum atomic E-state index is 0.234. The number of para-hydroxylation sites is 1. The molecule has 5 nitrogen and oxygen atoms in total. The summed E-state index contributed by atoms with van der Waals surface area (Å²) in [5, 5.41) is 15.8. The largest absolute Gasteiger partial charge is 0.496 e. The molecule has 1 aromatic rings. The summed E-state index contributed by atoms with van der Waals surface area (Å²) in [5.41, 5.74) is 1.19. The molecule has 0 aromatic heterocycles. The van der Waals surface area contributed by atoms with Crippen LogP contribution in [0.4, 0.5) is 0 Å². The van der Waals surface area contributed by atoms with Gasteiger partial charge in [0.1, 0.15) is 5.75 Å². The zero-order valence-electron chi connectivity index (χ0n) is 15.3. The number of nitrogens with zero attached hydrogens (tertiary/aromatic N) is 1. The van der Waals surface area contributed by atoms with Crippen LogP contribution in [-0.2, 0) is 6.42 Å². The van der Waals surface area contributed by atoms with Crippen molar-refractivity contribution in [1.29, 1.82) is 0 Å². The monoisotopic (exact) mass is 335 g/mol. The Labute approximate surface area is 146 Å². The molecule has 3 N–H and O–H groups in total. The Bertz CT molecular complexity index is 471. The summed E-state index contributed by atoms with van der Waals surface area (Å²) < 4.78 is 5.39. The Kier molecular flexibility index (Phi) is 10.7. The summed E-state index contributed by atoms with van der Waals surface area (Å²) in [6, 6.07) is 8.08. The van der Waals surface area contributed by atoms with Crippen LogP contribution in [0.1, 0.15) is 38.7 Å². The van der Waals surface area contributed by atoms with E-state index in [1.54, 1.807) is 7.11 Å². The van der Waals surface area contributed by atoms with E-state index in [0.717, 1.165) is 57.0 Å². The standard InChI is InChI=1S/C19H33N3O2/c1-4-8-16(12-14-23)15-22-19(20-5-2)21-13-11-17-9-6-7-10-18(17)24-3/h6-7,9-10,16,23H,4-5,8,11-15H2,1-3H3,(H2,20,21,22). The summed E-state index contributed by atoms with van der Waals surface area (Å²) in [7, 11) is 1.70. The maximum Gasteiger partial charge on any atom is 0.191 e. The van der Waals surface area contributed by atoms with Crippen molar-refractivity contribution in [2.24, 2.45) is 10.9 Å². The number of benzene rings is 1. The number of methoxy groups -OCH3 is 1. The third-order valence-electron chi connectivity index (χ3n) is 3.97. The topological polar surface area (TPSA) is 65.9 Å². The van der Waals surface area contributed by atoms with Crippen LogP contribution in [-0.4, -0.2) is 44.4 Å². The fourth-order valence-electron chi connectivity index (χ4n) is 2.70. The summed E-state index contributed by atoms with van der Waals surface area (Å²) >= 11 is 0. The molecule has 136 valence electrons. The number of hydrogen-bond donors (Lipinski definition) is 3. The summed E-state index contributed by atoms with van der Waals surface area (Å²) in [4.78, 5) is 4.68. The zero-order valence-corrected chi connectivity index (χ0v) is 15.3. The van der Waals surface area contributed by atoms with Gasteiger partial charge in [0.25, 0.3) is 0 Å². The SMILES string of the molecule is CCCC(CCO)CN=C(NCC)NCCc1ccccc1OC. The molecule has 0 saturated heterocycles. The highest BCUT2D eigenvalue weighted by Gasteiger charge is 2.07. The van der Waals surface area contributed by atoms with E-state index < -0.39 is 0 Å². The summed E-state index contributed by atoms with van der Waals surface area (Å²) in [6.07, 6.45) is 3.92. The maximum atomic E-state index is 9.16. The molecule has 0 amide bonds. The van der Waals surface area contributed by atoms with Gasteiger partial charge in [-0.2, -0.15) is 0 Å². The first-order valence-electron chi connectivity index (χ1n) is 9.00. The van der Waals surface area contributed by atoms with Gasteiger partial charge >= 0.3 is 0 Å². The van der Waals surface area contributed by atoms with Crippen LogP contribution < -0.4 is 15.4 Å². The van der Waals surface area contributed by atoms with E-state index in [9.17, 15) is 0 Å².